The molecule has 0 bridgehead atoms. The van der Waals surface area contributed by atoms with Crippen molar-refractivity contribution >= 4 is 12.1 Å². The van der Waals surface area contributed by atoms with Crippen molar-refractivity contribution in [3.05, 3.63) is 53.6 Å². The second kappa shape index (κ2) is 8.73. The van der Waals surface area contributed by atoms with E-state index in [9.17, 15) is 4.79 Å². The Morgan fingerprint density at radius 1 is 1.04 bits per heavy atom. The average Bonchev–Trinajstić information content (AvgIpc) is 2.61. The van der Waals surface area contributed by atoms with Gasteiger partial charge in [0.1, 0.15) is 5.75 Å². The standard InChI is InChI=1S/C19H22N2O4/c1-13(2)25-17-10-9-14(11-18(17)24-4)19(22)21-20-12-15-7-5-6-8-16(15)23-3/h5-13H,1-4H3,(H,21,22)/b20-12+. The van der Waals surface area contributed by atoms with Crippen LogP contribution < -0.4 is 19.6 Å². The lowest BCUT2D eigenvalue weighted by molar-refractivity contribution is 0.0954. The normalized spacial score (nSPS) is 10.8. The fraction of sp³-hybridized carbons (Fsp3) is 0.263. The molecule has 2 aromatic rings. The Morgan fingerprint density at radius 3 is 2.44 bits per heavy atom. The Balaban J connectivity index is 2.09. The van der Waals surface area contributed by atoms with Crippen LogP contribution in [0.1, 0.15) is 29.8 Å². The molecule has 0 radical (unpaired) electrons. The van der Waals surface area contributed by atoms with Gasteiger partial charge in [0.05, 0.1) is 26.5 Å². The number of hydrazone groups is 1. The van der Waals surface area contributed by atoms with Gasteiger partial charge in [0.2, 0.25) is 0 Å². The number of para-hydroxylation sites is 1. The Kier molecular flexibility index (Phi) is 6.39. The van der Waals surface area contributed by atoms with Gasteiger partial charge in [-0.15, -0.1) is 0 Å². The summed E-state index contributed by atoms with van der Waals surface area (Å²) in [7, 11) is 3.11. The van der Waals surface area contributed by atoms with Crippen molar-refractivity contribution in [1.29, 1.82) is 0 Å². The minimum Gasteiger partial charge on any atom is -0.496 e. The molecule has 0 fully saturated rings. The first-order valence-corrected chi connectivity index (χ1v) is 7.86. The molecule has 0 aliphatic heterocycles. The summed E-state index contributed by atoms with van der Waals surface area (Å²) in [5.74, 6) is 1.42. The lowest BCUT2D eigenvalue weighted by atomic mass is 10.2. The van der Waals surface area contributed by atoms with E-state index in [0.29, 0.717) is 22.8 Å². The molecular weight excluding hydrogens is 320 g/mol. The van der Waals surface area contributed by atoms with Crippen molar-refractivity contribution in [2.75, 3.05) is 14.2 Å². The third-order valence-corrected chi connectivity index (χ3v) is 3.30. The van der Waals surface area contributed by atoms with E-state index in [2.05, 4.69) is 10.5 Å². The van der Waals surface area contributed by atoms with Crippen LogP contribution in [0, 0.1) is 0 Å². The molecule has 0 atom stereocenters. The lowest BCUT2D eigenvalue weighted by Gasteiger charge is -2.14. The summed E-state index contributed by atoms with van der Waals surface area (Å²) in [6.07, 6.45) is 1.54. The number of carbonyl (C=O) groups is 1. The summed E-state index contributed by atoms with van der Waals surface area (Å²) in [6.45, 7) is 3.85. The summed E-state index contributed by atoms with van der Waals surface area (Å²) in [4.78, 5) is 12.2. The monoisotopic (exact) mass is 342 g/mol. The molecule has 132 valence electrons. The van der Waals surface area contributed by atoms with Gasteiger partial charge in [-0.3, -0.25) is 4.79 Å². The van der Waals surface area contributed by atoms with Crippen LogP contribution in [0.4, 0.5) is 0 Å². The van der Waals surface area contributed by atoms with Crippen LogP contribution in [-0.4, -0.2) is 32.4 Å². The number of methoxy groups -OCH3 is 2. The second-order valence-corrected chi connectivity index (χ2v) is 5.47. The predicted molar refractivity (Wildman–Crippen MR) is 96.8 cm³/mol. The molecule has 6 nitrogen and oxygen atoms in total. The molecule has 0 spiro atoms. The molecule has 0 heterocycles. The van der Waals surface area contributed by atoms with E-state index in [1.807, 2.05) is 38.1 Å². The number of hydrogen-bond acceptors (Lipinski definition) is 5. The van der Waals surface area contributed by atoms with Gasteiger partial charge < -0.3 is 14.2 Å². The number of hydrogen-bond donors (Lipinski definition) is 1. The Morgan fingerprint density at radius 2 is 1.76 bits per heavy atom. The fourth-order valence-electron chi connectivity index (χ4n) is 2.16. The van der Waals surface area contributed by atoms with Gasteiger partial charge in [-0.05, 0) is 44.2 Å². The molecule has 6 heteroatoms. The van der Waals surface area contributed by atoms with Crippen molar-refractivity contribution in [3.63, 3.8) is 0 Å². The zero-order valence-corrected chi connectivity index (χ0v) is 14.8. The third kappa shape index (κ3) is 4.97. The maximum absolute atomic E-state index is 12.2. The first-order chi connectivity index (χ1) is 12.0. The number of rotatable bonds is 7. The van der Waals surface area contributed by atoms with E-state index in [0.717, 1.165) is 5.56 Å². The van der Waals surface area contributed by atoms with E-state index >= 15 is 0 Å². The number of benzene rings is 2. The number of ether oxygens (including phenoxy) is 3. The number of nitrogens with one attached hydrogen (secondary N) is 1. The number of nitrogens with zero attached hydrogens (tertiary/aromatic N) is 1. The zero-order valence-electron chi connectivity index (χ0n) is 14.8. The predicted octanol–water partition coefficient (Wildman–Crippen LogP) is 3.25. The highest BCUT2D eigenvalue weighted by Crippen LogP contribution is 2.28. The SMILES string of the molecule is COc1ccccc1/C=N/NC(=O)c1ccc(OC(C)C)c(OC)c1. The van der Waals surface area contributed by atoms with Gasteiger partial charge in [0.25, 0.3) is 5.91 Å². The van der Waals surface area contributed by atoms with Crippen LogP contribution in [0.15, 0.2) is 47.6 Å². The van der Waals surface area contributed by atoms with Gasteiger partial charge in [0, 0.05) is 11.1 Å². The molecule has 2 rings (SSSR count). The van der Waals surface area contributed by atoms with E-state index < -0.39 is 0 Å². The quantitative estimate of drug-likeness (QED) is 0.619. The largest absolute Gasteiger partial charge is 0.496 e. The first kappa shape index (κ1) is 18.3. The zero-order chi connectivity index (χ0) is 18.2. The summed E-state index contributed by atoms with van der Waals surface area (Å²) in [5, 5.41) is 3.98. The highest BCUT2D eigenvalue weighted by atomic mass is 16.5. The minimum absolute atomic E-state index is 0.0130. The Labute approximate surface area is 147 Å². The molecule has 0 aliphatic rings. The van der Waals surface area contributed by atoms with Gasteiger partial charge >= 0.3 is 0 Å². The molecule has 0 aliphatic carbocycles. The molecule has 2 aromatic carbocycles. The van der Waals surface area contributed by atoms with Crippen LogP contribution in [0.3, 0.4) is 0 Å². The molecule has 0 saturated heterocycles. The van der Waals surface area contributed by atoms with Crippen molar-refractivity contribution in [2.24, 2.45) is 5.10 Å². The highest BCUT2D eigenvalue weighted by Gasteiger charge is 2.11. The van der Waals surface area contributed by atoms with Crippen molar-refractivity contribution in [3.8, 4) is 17.2 Å². The Hall–Kier alpha value is -3.02. The van der Waals surface area contributed by atoms with E-state index in [-0.39, 0.29) is 12.0 Å². The third-order valence-electron chi connectivity index (χ3n) is 3.30. The van der Waals surface area contributed by atoms with Gasteiger partial charge in [0.15, 0.2) is 11.5 Å². The van der Waals surface area contributed by atoms with Gasteiger partial charge in [-0.1, -0.05) is 12.1 Å². The van der Waals surface area contributed by atoms with Gasteiger partial charge in [-0.25, -0.2) is 5.43 Å². The summed E-state index contributed by atoms with van der Waals surface area (Å²) < 4.78 is 16.1. The molecule has 1 N–H and O–H groups in total. The molecule has 1 amide bonds. The van der Waals surface area contributed by atoms with Crippen LogP contribution in [0.5, 0.6) is 17.2 Å². The molecule has 0 unspecified atom stereocenters. The molecule has 0 aromatic heterocycles. The maximum Gasteiger partial charge on any atom is 0.271 e. The summed E-state index contributed by atoms with van der Waals surface area (Å²) >= 11 is 0. The van der Waals surface area contributed by atoms with Crippen molar-refractivity contribution in [1.82, 2.24) is 5.43 Å². The van der Waals surface area contributed by atoms with Crippen LogP contribution in [0.25, 0.3) is 0 Å². The summed E-state index contributed by atoms with van der Waals surface area (Å²) in [6, 6.07) is 12.4. The number of amides is 1. The molecule has 25 heavy (non-hydrogen) atoms. The topological polar surface area (TPSA) is 69.2 Å². The second-order valence-electron chi connectivity index (χ2n) is 5.47. The maximum atomic E-state index is 12.2. The minimum atomic E-state index is -0.347. The van der Waals surface area contributed by atoms with E-state index in [4.69, 9.17) is 14.2 Å². The van der Waals surface area contributed by atoms with Crippen LogP contribution >= 0.6 is 0 Å². The van der Waals surface area contributed by atoms with E-state index in [1.54, 1.807) is 25.3 Å². The summed E-state index contributed by atoms with van der Waals surface area (Å²) in [5.41, 5.74) is 3.68. The van der Waals surface area contributed by atoms with Crippen molar-refractivity contribution < 1.29 is 19.0 Å². The van der Waals surface area contributed by atoms with Gasteiger partial charge in [-0.2, -0.15) is 5.10 Å². The highest BCUT2D eigenvalue weighted by molar-refractivity contribution is 5.95. The number of carbonyl (C=O) groups excluding carboxylic acids is 1. The Bertz CT molecular complexity index is 757. The van der Waals surface area contributed by atoms with Crippen LogP contribution in [-0.2, 0) is 0 Å². The molecular formula is C19H22N2O4. The fourth-order valence-corrected chi connectivity index (χ4v) is 2.16. The van der Waals surface area contributed by atoms with Crippen molar-refractivity contribution in [2.45, 2.75) is 20.0 Å². The lowest BCUT2D eigenvalue weighted by Crippen LogP contribution is -2.18. The smallest absolute Gasteiger partial charge is 0.271 e. The van der Waals surface area contributed by atoms with E-state index in [1.165, 1.54) is 13.3 Å². The molecule has 0 saturated carbocycles. The van der Waals surface area contributed by atoms with Crippen LogP contribution in [0.2, 0.25) is 0 Å². The first-order valence-electron chi connectivity index (χ1n) is 7.86. The average molecular weight is 342 g/mol.